The third kappa shape index (κ3) is 5.84. The van der Waals surface area contributed by atoms with Gasteiger partial charge in [0.05, 0.1) is 5.41 Å². The first kappa shape index (κ1) is 36.0. The Balaban J connectivity index is 1.26. The van der Waals surface area contributed by atoms with Crippen LogP contribution in [0, 0.1) is 56.7 Å². The molecule has 0 aromatic heterocycles. The van der Waals surface area contributed by atoms with Crippen molar-refractivity contribution in [1.29, 1.82) is 0 Å². The first-order valence-electron chi connectivity index (χ1n) is 19.8. The fraction of sp³-hybridized carbons (Fsp3) is 0.905. The van der Waals surface area contributed by atoms with E-state index < -0.39 is 11.4 Å². The Kier molecular flexibility index (Phi) is 10.6. The molecule has 5 aliphatic rings. The Hall–Kier alpha value is -1.32. The lowest BCUT2D eigenvalue weighted by Crippen LogP contribution is -2.65. The van der Waals surface area contributed by atoms with E-state index in [1.807, 2.05) is 0 Å². The quantitative estimate of drug-likeness (QED) is 0.131. The molecule has 262 valence electrons. The van der Waals surface area contributed by atoms with Crippen LogP contribution in [-0.4, -0.2) is 23.1 Å². The Morgan fingerprint density at radius 1 is 0.804 bits per heavy atom. The van der Waals surface area contributed by atoms with Gasteiger partial charge in [-0.05, 0) is 110 Å². The first-order chi connectivity index (χ1) is 21.7. The minimum Gasteiger partial charge on any atom is -0.481 e. The van der Waals surface area contributed by atoms with Gasteiger partial charge in [-0.1, -0.05) is 118 Å². The lowest BCUT2D eigenvalue weighted by Gasteiger charge is -2.71. The molecule has 4 heteroatoms. The van der Waals surface area contributed by atoms with Gasteiger partial charge in [0, 0.05) is 11.8 Å². The predicted octanol–water partition coefficient (Wildman–Crippen LogP) is 11.6. The molecule has 0 aliphatic heterocycles. The number of carboxylic acid groups (broad SMARTS) is 1. The number of esters is 1. The molecule has 0 amide bonds. The fourth-order valence-electron chi connectivity index (χ4n) is 12.8. The molecule has 5 rings (SSSR count). The van der Waals surface area contributed by atoms with Gasteiger partial charge in [0.1, 0.15) is 6.10 Å². The van der Waals surface area contributed by atoms with E-state index in [9.17, 15) is 14.7 Å². The van der Waals surface area contributed by atoms with Crippen LogP contribution in [0.3, 0.4) is 0 Å². The molecular formula is C42H70O4. The maximum Gasteiger partial charge on any atom is 0.310 e. The minimum atomic E-state index is -0.584. The highest BCUT2D eigenvalue weighted by molar-refractivity contribution is 5.76. The summed E-state index contributed by atoms with van der Waals surface area (Å²) in [4.78, 5) is 26.1. The summed E-state index contributed by atoms with van der Waals surface area (Å²) < 4.78 is 6.35. The van der Waals surface area contributed by atoms with Crippen LogP contribution in [-0.2, 0) is 14.3 Å². The van der Waals surface area contributed by atoms with Crippen molar-refractivity contribution in [3.8, 4) is 0 Å². The third-order valence-electron chi connectivity index (χ3n) is 16.1. The summed E-state index contributed by atoms with van der Waals surface area (Å²) in [7, 11) is 0. The number of unbranched alkanes of at least 4 members (excludes halogenated alkanes) is 8. The monoisotopic (exact) mass is 639 g/mol. The SMILES string of the molecule is CCCCCCCCCCCC(=O)O[C@H]1CC[C@]2(C)[C@H]3CC=C4C5[C@@H](C)[C@H](C)CC[C@]5(C(=O)O)CC[C@@]4(C)[C@]3(C)CC[C@H]2C1(C)C. The molecule has 4 saturated carbocycles. The van der Waals surface area contributed by atoms with Crippen LogP contribution in [0.25, 0.3) is 0 Å². The maximum absolute atomic E-state index is 13.1. The second-order valence-electron chi connectivity index (χ2n) is 18.5. The number of fused-ring (bicyclic) bond motifs is 7. The van der Waals surface area contributed by atoms with Crippen molar-refractivity contribution in [1.82, 2.24) is 0 Å². The van der Waals surface area contributed by atoms with Crippen LogP contribution < -0.4 is 0 Å². The van der Waals surface area contributed by atoms with Gasteiger partial charge in [0.15, 0.2) is 0 Å². The van der Waals surface area contributed by atoms with E-state index in [-0.39, 0.29) is 39.7 Å². The fourth-order valence-corrected chi connectivity index (χ4v) is 12.8. The van der Waals surface area contributed by atoms with Gasteiger partial charge < -0.3 is 9.84 Å². The van der Waals surface area contributed by atoms with E-state index in [0.29, 0.717) is 30.1 Å². The number of rotatable bonds is 12. The number of carbonyl (C=O) groups excluding carboxylic acids is 1. The summed E-state index contributed by atoms with van der Waals surface area (Å²) in [6, 6.07) is 0. The Labute approximate surface area is 282 Å². The van der Waals surface area contributed by atoms with Gasteiger partial charge in [0.25, 0.3) is 0 Å². The van der Waals surface area contributed by atoms with E-state index in [0.717, 1.165) is 57.8 Å². The van der Waals surface area contributed by atoms with E-state index in [1.54, 1.807) is 0 Å². The smallest absolute Gasteiger partial charge is 0.310 e. The molecule has 0 bridgehead atoms. The molecule has 1 unspecified atom stereocenters. The van der Waals surface area contributed by atoms with Gasteiger partial charge in [-0.25, -0.2) is 0 Å². The summed E-state index contributed by atoms with van der Waals surface area (Å²) in [6.45, 7) is 19.5. The number of hydrogen-bond acceptors (Lipinski definition) is 3. The number of hydrogen-bond donors (Lipinski definition) is 1. The molecule has 4 nitrogen and oxygen atoms in total. The average Bonchev–Trinajstić information content (AvgIpc) is 2.99. The highest BCUT2D eigenvalue weighted by atomic mass is 16.5. The normalized spacial score (nSPS) is 42.9. The zero-order valence-corrected chi connectivity index (χ0v) is 31.1. The minimum absolute atomic E-state index is 0.00159. The molecule has 0 spiro atoms. The second-order valence-corrected chi connectivity index (χ2v) is 18.5. The Morgan fingerprint density at radius 3 is 2.11 bits per heavy atom. The van der Waals surface area contributed by atoms with Crippen molar-refractivity contribution >= 4 is 11.9 Å². The summed E-state index contributed by atoms with van der Waals surface area (Å²) in [6.07, 6.45) is 23.7. The highest BCUT2D eigenvalue weighted by Crippen LogP contribution is 2.75. The lowest BCUT2D eigenvalue weighted by molar-refractivity contribution is -0.214. The van der Waals surface area contributed by atoms with Gasteiger partial charge >= 0.3 is 11.9 Å². The van der Waals surface area contributed by atoms with Crippen LogP contribution in [0.1, 0.15) is 177 Å². The number of ether oxygens (including phenoxy) is 1. The lowest BCUT2D eigenvalue weighted by atomic mass is 9.33. The van der Waals surface area contributed by atoms with Crippen molar-refractivity contribution < 1.29 is 19.4 Å². The van der Waals surface area contributed by atoms with Crippen molar-refractivity contribution in [2.45, 2.75) is 183 Å². The molecule has 4 fully saturated rings. The number of allylic oxidation sites excluding steroid dienone is 2. The molecule has 1 N–H and O–H groups in total. The first-order valence-corrected chi connectivity index (χ1v) is 19.8. The van der Waals surface area contributed by atoms with Crippen molar-refractivity contribution in [2.24, 2.45) is 56.7 Å². The van der Waals surface area contributed by atoms with Crippen LogP contribution in [0.2, 0.25) is 0 Å². The van der Waals surface area contributed by atoms with Crippen molar-refractivity contribution in [2.75, 3.05) is 0 Å². The van der Waals surface area contributed by atoms with Gasteiger partial charge in [-0.15, -0.1) is 0 Å². The van der Waals surface area contributed by atoms with Crippen LogP contribution in [0.4, 0.5) is 0 Å². The molecule has 0 heterocycles. The van der Waals surface area contributed by atoms with Crippen molar-refractivity contribution in [3.05, 3.63) is 11.6 Å². The van der Waals surface area contributed by atoms with E-state index >= 15 is 0 Å². The maximum atomic E-state index is 13.1. The van der Waals surface area contributed by atoms with Gasteiger partial charge in [-0.2, -0.15) is 0 Å². The Morgan fingerprint density at radius 2 is 1.46 bits per heavy atom. The molecule has 0 saturated heterocycles. The van der Waals surface area contributed by atoms with Gasteiger partial charge in [-0.3, -0.25) is 9.59 Å². The Bertz CT molecular complexity index is 1140. The van der Waals surface area contributed by atoms with Gasteiger partial charge in [0.2, 0.25) is 0 Å². The topological polar surface area (TPSA) is 63.6 Å². The summed E-state index contributed by atoms with van der Waals surface area (Å²) in [5, 5.41) is 10.7. The highest BCUT2D eigenvalue weighted by Gasteiger charge is 2.69. The van der Waals surface area contributed by atoms with Crippen LogP contribution in [0.15, 0.2) is 11.6 Å². The second kappa shape index (κ2) is 13.5. The molecule has 5 aliphatic carbocycles. The molecule has 46 heavy (non-hydrogen) atoms. The number of aliphatic carboxylic acids is 1. The number of carboxylic acids is 1. The average molecular weight is 639 g/mol. The van der Waals surface area contributed by atoms with Crippen LogP contribution in [0.5, 0.6) is 0 Å². The van der Waals surface area contributed by atoms with Crippen LogP contribution >= 0.6 is 0 Å². The van der Waals surface area contributed by atoms with E-state index in [2.05, 4.69) is 61.5 Å². The largest absolute Gasteiger partial charge is 0.481 e. The molecule has 0 aromatic carbocycles. The molecule has 0 aromatic rings. The predicted molar refractivity (Wildman–Crippen MR) is 188 cm³/mol. The summed E-state index contributed by atoms with van der Waals surface area (Å²) in [5.41, 5.74) is 1.27. The van der Waals surface area contributed by atoms with E-state index in [4.69, 9.17) is 4.74 Å². The molecule has 0 radical (unpaired) electrons. The third-order valence-corrected chi connectivity index (χ3v) is 16.1. The summed E-state index contributed by atoms with van der Waals surface area (Å²) >= 11 is 0. The molecular weight excluding hydrogens is 568 g/mol. The van der Waals surface area contributed by atoms with Crippen molar-refractivity contribution in [3.63, 3.8) is 0 Å². The number of carbonyl (C=O) groups is 2. The van der Waals surface area contributed by atoms with E-state index in [1.165, 1.54) is 63.4 Å². The zero-order chi connectivity index (χ0) is 33.5. The standard InChI is InChI=1S/C42H70O4/c1-9-10-11-12-13-14-15-16-17-18-35(43)46-34-23-24-39(6)32(38(34,4)5)22-25-41(8)33(39)20-19-31-36-30(3)29(2)21-26-42(36,37(44)45)28-27-40(31,41)7/h19,29-30,32-34,36H,9-18,20-28H2,1-8H3,(H,44,45)/t29-,30+,32+,33-,34+,36?,39+,40-,41-,42+/m1/s1. The molecule has 10 atom stereocenters. The zero-order valence-electron chi connectivity index (χ0n) is 31.1. The summed E-state index contributed by atoms with van der Waals surface area (Å²) in [5.74, 6) is 1.69.